The van der Waals surface area contributed by atoms with Gasteiger partial charge in [-0.25, -0.2) is 0 Å². The molecule has 14 aromatic carbocycles. The van der Waals surface area contributed by atoms with Crippen LogP contribution >= 0.6 is 12.2 Å². The van der Waals surface area contributed by atoms with E-state index in [1.54, 1.807) is 30.3 Å². The Morgan fingerprint density at radius 3 is 0.642 bits per heavy atom. The van der Waals surface area contributed by atoms with Gasteiger partial charge in [0.1, 0.15) is 18.3 Å². The van der Waals surface area contributed by atoms with Crippen LogP contribution in [-0.4, -0.2) is 23.6 Å². The first kappa shape index (κ1) is 71.8. The van der Waals surface area contributed by atoms with E-state index >= 15 is 0 Å². The molecule has 14 aromatic rings. The molecule has 0 saturated carbocycles. The number of aldehydes is 2. The quantitative estimate of drug-likeness (QED) is 0.0192. The summed E-state index contributed by atoms with van der Waals surface area (Å²) in [5.74, 6) is -0.214. The van der Waals surface area contributed by atoms with Gasteiger partial charge in [-0.15, -0.1) is 0 Å². The maximum absolute atomic E-state index is 11.8. The maximum atomic E-state index is 11.8. The van der Waals surface area contributed by atoms with E-state index in [-0.39, 0.29) is 5.91 Å². The Kier molecular flexibility index (Phi) is 25.4. The molecule has 0 aliphatic carbocycles. The van der Waals surface area contributed by atoms with Crippen molar-refractivity contribution in [2.45, 2.75) is 0 Å². The highest BCUT2D eigenvalue weighted by molar-refractivity contribution is 7.80. The molecule has 1 heterocycles. The highest BCUT2D eigenvalue weighted by Gasteiger charge is 2.20. The Hall–Kier alpha value is -14.1. The fourth-order valence-electron chi connectivity index (χ4n) is 11.5. The monoisotopic (exact) mass is 1390 g/mol. The third-order valence-electron chi connectivity index (χ3n) is 16.9. The lowest BCUT2D eigenvalue weighted by molar-refractivity contribution is -0.115. The van der Waals surface area contributed by atoms with Crippen LogP contribution < -0.4 is 31.9 Å². The van der Waals surface area contributed by atoms with Crippen LogP contribution in [0.2, 0.25) is 0 Å². The Balaban J connectivity index is 0.000000137. The van der Waals surface area contributed by atoms with Crippen molar-refractivity contribution < 1.29 is 14.4 Å². The zero-order valence-electron chi connectivity index (χ0n) is 58.0. The first-order valence-electron chi connectivity index (χ1n) is 34.7. The molecule has 1 amide bonds. The van der Waals surface area contributed by atoms with Crippen LogP contribution in [0, 0.1) is 0 Å². The van der Waals surface area contributed by atoms with Gasteiger partial charge in [-0.1, -0.05) is 267 Å². The van der Waals surface area contributed by atoms with Crippen molar-refractivity contribution in [1.29, 1.82) is 0 Å². The molecule has 106 heavy (non-hydrogen) atoms. The number of benzene rings is 14. The summed E-state index contributed by atoms with van der Waals surface area (Å²) in [6, 6.07) is 131. The number of hydrogen-bond donors (Lipinski definition) is 6. The van der Waals surface area contributed by atoms with E-state index in [0.717, 1.165) is 74.8 Å². The van der Waals surface area contributed by atoms with E-state index in [1.165, 1.54) is 55.7 Å². The molecule has 0 aromatic heterocycles. The summed E-state index contributed by atoms with van der Waals surface area (Å²) in [5, 5.41) is 19.2. The van der Waals surface area contributed by atoms with Crippen molar-refractivity contribution in [3.05, 3.63) is 461 Å². The smallest absolute Gasteiger partial charge is 0.273 e. The number of nitrogens with one attached hydrogen (secondary N) is 6. The van der Waals surface area contributed by atoms with Gasteiger partial charge in [0.05, 0.1) is 0 Å². The molecule has 0 radical (unpaired) electrons. The van der Waals surface area contributed by atoms with Crippen molar-refractivity contribution in [3.63, 3.8) is 0 Å². The molecule has 514 valence electrons. The lowest BCUT2D eigenvalue weighted by Gasteiger charge is -2.10. The Morgan fingerprint density at radius 1 is 0.236 bits per heavy atom. The van der Waals surface area contributed by atoms with Crippen molar-refractivity contribution in [1.82, 2.24) is 10.6 Å². The first-order chi connectivity index (χ1) is 52.2. The lowest BCUT2D eigenvalue weighted by Crippen LogP contribution is -2.21. The molecule has 0 spiro atoms. The highest BCUT2D eigenvalue weighted by Crippen LogP contribution is 2.31. The third-order valence-corrected chi connectivity index (χ3v) is 17.1. The molecular weight excluding hydrogens is 1320 g/mol. The van der Waals surface area contributed by atoms with Gasteiger partial charge in [0.2, 0.25) is 0 Å². The lowest BCUT2D eigenvalue weighted by atomic mass is 9.96. The van der Waals surface area contributed by atoms with E-state index in [4.69, 9.17) is 12.2 Å². The molecule has 6 N–H and O–H groups in total. The molecule has 15 rings (SSSR count). The highest BCUT2D eigenvalue weighted by atomic mass is 32.1. The molecule has 0 bridgehead atoms. The van der Waals surface area contributed by atoms with Gasteiger partial charge in [0, 0.05) is 56.6 Å². The summed E-state index contributed by atoms with van der Waals surface area (Å²) in [6.45, 7) is 0. The van der Waals surface area contributed by atoms with Crippen LogP contribution in [0.3, 0.4) is 0 Å². The number of carbonyl (C=O) groups is 3. The van der Waals surface area contributed by atoms with Crippen molar-refractivity contribution in [2.24, 2.45) is 0 Å². The summed E-state index contributed by atoms with van der Waals surface area (Å²) in [6.07, 6.45) is 10.1. The Morgan fingerprint density at radius 2 is 0.434 bits per heavy atom. The number of anilines is 8. The second-order valence-corrected chi connectivity index (χ2v) is 24.9. The van der Waals surface area contributed by atoms with Crippen molar-refractivity contribution in [2.75, 3.05) is 21.3 Å². The van der Waals surface area contributed by atoms with E-state index in [9.17, 15) is 14.4 Å². The molecule has 1 aliphatic heterocycles. The minimum atomic E-state index is -0.214. The van der Waals surface area contributed by atoms with Gasteiger partial charge in [-0.2, -0.15) is 0 Å². The SMILES string of the molecule is C(=C(c1ccccc1)c1ccccc1)c1ccc(Nc2ccccc2)cc1.O=C1NC(=S)N/C1=C\c1ccc(Nc2ccc(C=C(c3ccccc3)c3ccccc3)cc2)cc1.O=Cc1ccc(Nc2ccc(C=C(c3ccccc3)c3ccccc3)cc2)cc1.O=Cc1ccc(Nc2ccccc2)cc1. The fraction of sp³-hybridized carbons (Fsp3) is 0. The zero-order chi connectivity index (χ0) is 72.8. The van der Waals surface area contributed by atoms with Gasteiger partial charge in [-0.3, -0.25) is 19.7 Å². The van der Waals surface area contributed by atoms with Crippen LogP contribution in [0.1, 0.15) is 76.4 Å². The number of thiocarbonyl (C=S) groups is 1. The molecule has 0 atom stereocenters. The topological polar surface area (TPSA) is 123 Å². The zero-order valence-corrected chi connectivity index (χ0v) is 58.9. The summed E-state index contributed by atoms with van der Waals surface area (Å²) in [7, 11) is 0. The van der Waals surface area contributed by atoms with Crippen LogP contribution in [0.25, 0.3) is 41.0 Å². The number of amides is 1. The van der Waals surface area contributed by atoms with Gasteiger partial charge >= 0.3 is 0 Å². The Bertz CT molecular complexity index is 5120. The molecule has 9 nitrogen and oxygen atoms in total. The van der Waals surface area contributed by atoms with Gasteiger partial charge in [-0.05, 0) is 230 Å². The minimum absolute atomic E-state index is 0.214. The average Bonchev–Trinajstić information content (AvgIpc) is 1.11. The van der Waals surface area contributed by atoms with E-state index in [1.807, 2.05) is 121 Å². The number of carbonyl (C=O) groups excluding carboxylic acids is 3. The molecule has 1 aliphatic rings. The van der Waals surface area contributed by atoms with E-state index in [2.05, 4.69) is 293 Å². The largest absolute Gasteiger partial charge is 0.356 e. The molecule has 1 saturated heterocycles. The second kappa shape index (κ2) is 37.6. The standard InChI is InChI=1S/C30H23N3OS.C27H21NO.C26H21N.C13H11NO/c34-29-28(32-30(35)33-29)20-22-13-17-26(18-14-22)31-25-15-11-21(12-16-25)19-27(23-7-3-1-4-8-23)24-9-5-2-6-10-24;29-20-22-13-17-26(18-14-22)28-25-15-11-21(12-16-25)19-27(23-7-3-1-4-8-23)24-9-5-2-6-10-24;1-4-10-22(11-5-1)26(23-12-6-2-7-13-23)20-21-16-18-25(19-17-21)27-24-14-8-3-9-15-24;15-10-11-6-8-13(9-7-11)14-12-4-2-1-3-5-12/h1-20,31H,(H2,32,33,34,35);1-20,28H;1-20,27H;1-10,14H/b28-20-;;;. The van der Waals surface area contributed by atoms with Crippen molar-refractivity contribution >= 4 is 122 Å². The number of para-hydroxylation sites is 2. The van der Waals surface area contributed by atoms with Gasteiger partial charge in [0.15, 0.2) is 5.11 Å². The molecular formula is C96H76N6O3S. The van der Waals surface area contributed by atoms with Crippen LogP contribution in [0.4, 0.5) is 45.5 Å². The fourth-order valence-corrected chi connectivity index (χ4v) is 11.7. The third kappa shape index (κ3) is 21.5. The van der Waals surface area contributed by atoms with E-state index in [0.29, 0.717) is 21.9 Å². The maximum Gasteiger partial charge on any atom is 0.273 e. The molecule has 1 fully saturated rings. The summed E-state index contributed by atoms with van der Waals surface area (Å²) < 4.78 is 0. The minimum Gasteiger partial charge on any atom is -0.356 e. The molecule has 10 heteroatoms. The van der Waals surface area contributed by atoms with Gasteiger partial charge in [0.25, 0.3) is 5.91 Å². The van der Waals surface area contributed by atoms with Crippen LogP contribution in [0.15, 0.2) is 394 Å². The second-order valence-electron chi connectivity index (χ2n) is 24.5. The summed E-state index contributed by atoms with van der Waals surface area (Å²) >= 11 is 4.97. The average molecular weight is 1390 g/mol. The van der Waals surface area contributed by atoms with Crippen molar-refractivity contribution in [3.8, 4) is 0 Å². The summed E-state index contributed by atoms with van der Waals surface area (Å²) in [5.41, 5.74) is 25.0. The summed E-state index contributed by atoms with van der Waals surface area (Å²) in [4.78, 5) is 33.0. The predicted octanol–water partition coefficient (Wildman–Crippen LogP) is 23.5. The van der Waals surface area contributed by atoms with Gasteiger partial charge < -0.3 is 26.6 Å². The number of rotatable bonds is 20. The predicted molar refractivity (Wildman–Crippen MR) is 447 cm³/mol. The Labute approximate surface area is 625 Å². The normalized spacial score (nSPS) is 11.3. The number of hydrogen-bond acceptors (Lipinski definition) is 8. The first-order valence-corrected chi connectivity index (χ1v) is 35.1. The van der Waals surface area contributed by atoms with Crippen LogP contribution in [-0.2, 0) is 4.79 Å². The molecule has 0 unspecified atom stereocenters. The van der Waals surface area contributed by atoms with Crippen LogP contribution in [0.5, 0.6) is 0 Å². The van der Waals surface area contributed by atoms with E-state index < -0.39 is 0 Å².